The van der Waals surface area contributed by atoms with Gasteiger partial charge >= 0.3 is 49.7 Å². The Labute approximate surface area is 143 Å². The third kappa shape index (κ3) is 3.79. The smallest absolute Gasteiger partial charge is 1.00 e. The van der Waals surface area contributed by atoms with Gasteiger partial charge < -0.3 is 13.1 Å². The zero-order valence-electron chi connectivity index (χ0n) is 13.3. The molecule has 0 unspecified atom stereocenters. The average Bonchev–Trinajstić information content (AvgIpc) is 2.38. The summed E-state index contributed by atoms with van der Waals surface area (Å²) in [6.45, 7) is 0. The summed E-state index contributed by atoms with van der Waals surface area (Å²) in [5.41, 5.74) is 0.989. The molecule has 4 nitrogen and oxygen atoms in total. The van der Waals surface area contributed by atoms with Crippen LogP contribution in [-0.4, -0.2) is 22.2 Å². The van der Waals surface area contributed by atoms with Gasteiger partial charge in [0.25, 0.3) is 0 Å². The molecule has 0 saturated carbocycles. The molecule has 6 heteroatoms. The van der Waals surface area contributed by atoms with E-state index in [2.05, 4.69) is 0 Å². The van der Waals surface area contributed by atoms with Crippen molar-refractivity contribution in [3.8, 4) is 11.1 Å². The molecule has 2 aromatic rings. The van der Waals surface area contributed by atoms with Gasteiger partial charge in [0, 0.05) is 0 Å². The molecule has 94 valence electrons. The zero-order chi connectivity index (χ0) is 13.1. The topological polar surface area (TPSA) is 74.6 Å². The summed E-state index contributed by atoms with van der Waals surface area (Å²) in [4.78, 5) is 22.3. The van der Waals surface area contributed by atoms with Crippen molar-refractivity contribution in [3.05, 3.63) is 59.7 Å². The van der Waals surface area contributed by atoms with Gasteiger partial charge in [-0.25, -0.2) is 9.59 Å². The minimum Gasteiger partial charge on any atom is -1.00 e. The van der Waals surface area contributed by atoms with Crippen molar-refractivity contribution in [2.24, 2.45) is 0 Å². The van der Waals surface area contributed by atoms with Crippen LogP contribution in [0.15, 0.2) is 48.5 Å². The predicted octanol–water partition coefficient (Wildman–Crippen LogP) is -3.02. The van der Waals surface area contributed by atoms with Crippen molar-refractivity contribution in [2.75, 3.05) is 0 Å². The van der Waals surface area contributed by atoms with E-state index in [0.29, 0.717) is 11.1 Å². The van der Waals surface area contributed by atoms with Gasteiger partial charge in [-0.2, -0.15) is 0 Å². The van der Waals surface area contributed by atoms with Crippen LogP contribution in [0, 0.1) is 0 Å². The SMILES string of the molecule is O=C(O)c1ccccc1-c1ccccc1C(=O)O.[H-].[H-].[Li+].[Li+]. The quantitative estimate of drug-likeness (QED) is 0.575. The standard InChI is InChI=1S/C14H10O4.2Li.2H/c15-13(16)11-7-3-1-5-9(11)10-6-2-4-8-12(10)14(17)18;;;;/h1-8H,(H,15,16)(H,17,18);;;;/q;2*+1;2*-1. The Kier molecular flexibility index (Phi) is 7.43. The summed E-state index contributed by atoms with van der Waals surface area (Å²) in [6, 6.07) is 12.7. The van der Waals surface area contributed by atoms with Crippen molar-refractivity contribution in [2.45, 2.75) is 0 Å². The molecule has 0 aliphatic rings. The molecule has 0 atom stereocenters. The van der Waals surface area contributed by atoms with Gasteiger partial charge in [0.1, 0.15) is 0 Å². The number of aromatic carboxylic acids is 2. The Balaban J connectivity index is -0.000000902. The first kappa shape index (κ1) is 18.6. The van der Waals surface area contributed by atoms with Crippen LogP contribution in [0.3, 0.4) is 0 Å². The minimum absolute atomic E-state index is 0. The molecule has 0 amide bonds. The van der Waals surface area contributed by atoms with E-state index in [1.807, 2.05) is 0 Å². The Hall–Kier alpha value is -1.43. The fourth-order valence-corrected chi connectivity index (χ4v) is 1.81. The van der Waals surface area contributed by atoms with E-state index < -0.39 is 11.9 Å². The number of hydrogen-bond acceptors (Lipinski definition) is 2. The van der Waals surface area contributed by atoms with Gasteiger partial charge in [-0.3, -0.25) is 0 Å². The van der Waals surface area contributed by atoms with E-state index in [9.17, 15) is 9.59 Å². The molecule has 0 spiro atoms. The Bertz CT molecular complexity index is 580. The maximum absolute atomic E-state index is 11.1. The maximum atomic E-state index is 11.1. The second-order valence-corrected chi connectivity index (χ2v) is 3.70. The molecule has 2 aromatic carbocycles. The number of carboxylic acids is 2. The Morgan fingerprint density at radius 2 is 1.00 bits per heavy atom. The first-order valence-electron chi connectivity index (χ1n) is 5.26. The third-order valence-corrected chi connectivity index (χ3v) is 2.61. The van der Waals surface area contributed by atoms with Crippen LogP contribution < -0.4 is 37.7 Å². The minimum atomic E-state index is -1.08. The first-order chi connectivity index (χ1) is 8.61. The maximum Gasteiger partial charge on any atom is 1.00 e. The van der Waals surface area contributed by atoms with E-state index >= 15 is 0 Å². The number of hydrogen-bond donors (Lipinski definition) is 2. The predicted molar refractivity (Wildman–Crippen MR) is 68.0 cm³/mol. The number of rotatable bonds is 3. The monoisotopic (exact) mass is 258 g/mol. The van der Waals surface area contributed by atoms with Gasteiger partial charge in [-0.15, -0.1) is 0 Å². The molecule has 0 bridgehead atoms. The van der Waals surface area contributed by atoms with Crippen molar-refractivity contribution in [1.29, 1.82) is 0 Å². The first-order valence-corrected chi connectivity index (χ1v) is 5.26. The van der Waals surface area contributed by atoms with E-state index in [-0.39, 0.29) is 51.7 Å². The van der Waals surface area contributed by atoms with Crippen LogP contribution in [0.2, 0.25) is 0 Å². The molecule has 0 aromatic heterocycles. The Morgan fingerprint density at radius 1 is 0.700 bits per heavy atom. The van der Waals surface area contributed by atoms with E-state index in [0.717, 1.165) is 0 Å². The van der Waals surface area contributed by atoms with Gasteiger partial charge in [0.2, 0.25) is 0 Å². The number of benzene rings is 2. The second kappa shape index (κ2) is 7.99. The molecular formula is C14H12Li2O4. The van der Waals surface area contributed by atoms with Crippen molar-refractivity contribution in [3.63, 3.8) is 0 Å². The van der Waals surface area contributed by atoms with E-state index in [1.165, 1.54) is 12.1 Å². The van der Waals surface area contributed by atoms with Crippen molar-refractivity contribution >= 4 is 11.9 Å². The summed E-state index contributed by atoms with van der Waals surface area (Å²) in [5, 5.41) is 18.2. The molecular weight excluding hydrogens is 246 g/mol. The summed E-state index contributed by atoms with van der Waals surface area (Å²) in [7, 11) is 0. The average molecular weight is 258 g/mol. The third-order valence-electron chi connectivity index (χ3n) is 2.61. The molecule has 0 saturated heterocycles. The van der Waals surface area contributed by atoms with Gasteiger partial charge in [-0.05, 0) is 23.3 Å². The summed E-state index contributed by atoms with van der Waals surface area (Å²) >= 11 is 0. The summed E-state index contributed by atoms with van der Waals surface area (Å²) < 4.78 is 0. The molecule has 0 radical (unpaired) electrons. The zero-order valence-corrected chi connectivity index (χ0v) is 11.3. The number of carboxylic acid groups (broad SMARTS) is 2. The normalized spacial score (nSPS) is 9.00. The molecule has 0 fully saturated rings. The van der Waals surface area contributed by atoms with Crippen LogP contribution in [0.5, 0.6) is 0 Å². The van der Waals surface area contributed by atoms with Gasteiger partial charge in [0.15, 0.2) is 0 Å². The van der Waals surface area contributed by atoms with Crippen LogP contribution in [0.4, 0.5) is 0 Å². The molecule has 2 rings (SSSR count). The van der Waals surface area contributed by atoms with Crippen molar-refractivity contribution in [1.82, 2.24) is 0 Å². The molecule has 2 N–H and O–H groups in total. The van der Waals surface area contributed by atoms with Crippen molar-refractivity contribution < 1.29 is 60.4 Å². The summed E-state index contributed by atoms with van der Waals surface area (Å²) in [5.74, 6) is -2.16. The van der Waals surface area contributed by atoms with Crippen LogP contribution in [0.25, 0.3) is 11.1 Å². The number of carbonyl (C=O) groups is 2. The molecule has 0 heterocycles. The van der Waals surface area contributed by atoms with Crippen LogP contribution in [-0.2, 0) is 0 Å². The molecule has 0 aliphatic heterocycles. The van der Waals surface area contributed by atoms with E-state index in [1.54, 1.807) is 36.4 Å². The van der Waals surface area contributed by atoms with Crippen LogP contribution >= 0.6 is 0 Å². The van der Waals surface area contributed by atoms with Gasteiger partial charge in [-0.1, -0.05) is 36.4 Å². The Morgan fingerprint density at radius 3 is 1.30 bits per heavy atom. The van der Waals surface area contributed by atoms with Gasteiger partial charge in [0.05, 0.1) is 11.1 Å². The fraction of sp³-hybridized carbons (Fsp3) is 0. The fourth-order valence-electron chi connectivity index (χ4n) is 1.81. The largest absolute Gasteiger partial charge is 1.00 e. The van der Waals surface area contributed by atoms with Crippen LogP contribution in [0.1, 0.15) is 23.6 Å². The second-order valence-electron chi connectivity index (χ2n) is 3.70. The molecule has 20 heavy (non-hydrogen) atoms. The molecule has 0 aliphatic carbocycles. The van der Waals surface area contributed by atoms with E-state index in [4.69, 9.17) is 10.2 Å². The summed E-state index contributed by atoms with van der Waals surface area (Å²) in [6.07, 6.45) is 0.